The van der Waals surface area contributed by atoms with Crippen molar-refractivity contribution in [3.8, 4) is 0 Å². The molecule has 1 atom stereocenters. The molecule has 25 heavy (non-hydrogen) atoms. The number of aryl methyl sites for hydroxylation is 1. The second kappa shape index (κ2) is 6.70. The fourth-order valence-corrected chi connectivity index (χ4v) is 3.72. The van der Waals surface area contributed by atoms with Crippen LogP contribution < -0.4 is 5.32 Å². The first-order chi connectivity index (χ1) is 12.3. The topological polar surface area (TPSA) is 75.6 Å². The van der Waals surface area contributed by atoms with E-state index in [1.165, 1.54) is 24.1 Å². The van der Waals surface area contributed by atoms with Crippen LogP contribution in [-0.2, 0) is 24.2 Å². The minimum absolute atomic E-state index is 0.0122. The Hall–Kier alpha value is -2.63. The molecule has 1 aromatic carbocycles. The third-order valence-corrected chi connectivity index (χ3v) is 5.08. The highest BCUT2D eigenvalue weighted by Gasteiger charge is 2.22. The Morgan fingerprint density at radius 3 is 3.04 bits per heavy atom. The van der Waals surface area contributed by atoms with E-state index in [4.69, 9.17) is 0 Å². The number of rotatable bonds is 5. The molecule has 4 rings (SSSR count). The predicted octanol–water partition coefficient (Wildman–Crippen LogP) is 2.91. The molecule has 2 aromatic heterocycles. The summed E-state index contributed by atoms with van der Waals surface area (Å²) in [6.45, 7) is 2.50. The molecule has 0 saturated carbocycles. The number of carbonyl (C=O) groups excluding carboxylic acids is 1. The van der Waals surface area contributed by atoms with Crippen molar-refractivity contribution in [1.29, 1.82) is 0 Å². The summed E-state index contributed by atoms with van der Waals surface area (Å²) >= 11 is 0. The Morgan fingerprint density at radius 2 is 2.16 bits per heavy atom. The van der Waals surface area contributed by atoms with E-state index >= 15 is 0 Å². The summed E-state index contributed by atoms with van der Waals surface area (Å²) < 4.78 is 1.96. The molecule has 1 aliphatic rings. The van der Waals surface area contributed by atoms with Gasteiger partial charge < -0.3 is 9.88 Å². The maximum atomic E-state index is 12.8. The van der Waals surface area contributed by atoms with E-state index < -0.39 is 0 Å². The molecule has 0 unspecified atom stereocenters. The monoisotopic (exact) mass is 337 g/mol. The maximum Gasteiger partial charge on any atom is 0.243 e. The second-order valence-corrected chi connectivity index (χ2v) is 6.62. The molecule has 1 amide bonds. The zero-order valence-corrected chi connectivity index (χ0v) is 14.5. The van der Waals surface area contributed by atoms with Crippen LogP contribution in [0.1, 0.15) is 49.2 Å². The highest BCUT2D eigenvalue weighted by Crippen LogP contribution is 2.23. The standard InChI is InChI=1S/C19H23N5O/c1-2-17(24-12-21-15-9-5-6-10-18(15)24)19(25)20-11-16-13-7-3-4-8-14(13)22-23-16/h5-6,9-10,12,17H,2-4,7-8,11H2,1H3,(H,20,25)(H,22,23)/t17-/m1/s1. The van der Waals surface area contributed by atoms with E-state index in [9.17, 15) is 4.79 Å². The molecule has 6 heteroatoms. The van der Waals surface area contributed by atoms with Crippen molar-refractivity contribution in [1.82, 2.24) is 25.1 Å². The van der Waals surface area contributed by atoms with Crippen LogP contribution in [0.3, 0.4) is 0 Å². The van der Waals surface area contributed by atoms with Gasteiger partial charge in [-0.2, -0.15) is 5.10 Å². The van der Waals surface area contributed by atoms with Gasteiger partial charge in [-0.1, -0.05) is 19.1 Å². The Balaban J connectivity index is 1.50. The summed E-state index contributed by atoms with van der Waals surface area (Å²) in [7, 11) is 0. The summed E-state index contributed by atoms with van der Waals surface area (Å²) in [4.78, 5) is 17.2. The summed E-state index contributed by atoms with van der Waals surface area (Å²) in [6.07, 6.45) is 7.01. The minimum Gasteiger partial charge on any atom is -0.349 e. The number of benzene rings is 1. The van der Waals surface area contributed by atoms with Crippen molar-refractivity contribution in [3.05, 3.63) is 47.5 Å². The van der Waals surface area contributed by atoms with E-state index in [0.29, 0.717) is 13.0 Å². The van der Waals surface area contributed by atoms with Crippen LogP contribution in [0.25, 0.3) is 11.0 Å². The van der Waals surface area contributed by atoms with Crippen LogP contribution in [-0.4, -0.2) is 25.7 Å². The van der Waals surface area contributed by atoms with Gasteiger partial charge in [-0.15, -0.1) is 0 Å². The number of amides is 1. The smallest absolute Gasteiger partial charge is 0.243 e. The molecule has 0 bridgehead atoms. The molecular weight excluding hydrogens is 314 g/mol. The number of hydrogen-bond acceptors (Lipinski definition) is 3. The van der Waals surface area contributed by atoms with Crippen molar-refractivity contribution >= 4 is 16.9 Å². The van der Waals surface area contributed by atoms with Gasteiger partial charge in [0.2, 0.25) is 5.91 Å². The number of aromatic nitrogens is 4. The van der Waals surface area contributed by atoms with Crippen LogP contribution >= 0.6 is 0 Å². The number of H-pyrrole nitrogens is 1. The Labute approximate surface area is 146 Å². The number of imidazole rings is 1. The zero-order chi connectivity index (χ0) is 17.2. The van der Waals surface area contributed by atoms with Gasteiger partial charge >= 0.3 is 0 Å². The van der Waals surface area contributed by atoms with Gasteiger partial charge in [0.05, 0.1) is 29.6 Å². The molecule has 130 valence electrons. The normalized spacial score (nSPS) is 15.1. The highest BCUT2D eigenvalue weighted by molar-refractivity contribution is 5.83. The van der Waals surface area contributed by atoms with Gasteiger partial charge in [-0.05, 0) is 49.8 Å². The van der Waals surface area contributed by atoms with E-state index in [-0.39, 0.29) is 11.9 Å². The van der Waals surface area contributed by atoms with Crippen LogP contribution in [0.15, 0.2) is 30.6 Å². The van der Waals surface area contributed by atoms with Crippen molar-refractivity contribution in [2.45, 2.75) is 51.6 Å². The SMILES string of the molecule is CC[C@H](C(=O)NCc1n[nH]c2c1CCCC2)n1cnc2ccccc21. The van der Waals surface area contributed by atoms with Gasteiger partial charge in [0.15, 0.2) is 0 Å². The van der Waals surface area contributed by atoms with E-state index in [0.717, 1.165) is 29.6 Å². The third kappa shape index (κ3) is 2.92. The van der Waals surface area contributed by atoms with Crippen molar-refractivity contribution in [2.75, 3.05) is 0 Å². The minimum atomic E-state index is -0.262. The van der Waals surface area contributed by atoms with Gasteiger partial charge in [0, 0.05) is 5.69 Å². The number of fused-ring (bicyclic) bond motifs is 2. The van der Waals surface area contributed by atoms with Crippen molar-refractivity contribution in [3.63, 3.8) is 0 Å². The van der Waals surface area contributed by atoms with Gasteiger partial charge in [-0.3, -0.25) is 9.89 Å². The number of nitrogens with one attached hydrogen (secondary N) is 2. The Bertz CT molecular complexity index is 894. The van der Waals surface area contributed by atoms with Gasteiger partial charge in [0.1, 0.15) is 6.04 Å². The van der Waals surface area contributed by atoms with Crippen LogP contribution in [0.5, 0.6) is 0 Å². The number of hydrogen-bond donors (Lipinski definition) is 2. The van der Waals surface area contributed by atoms with Crippen molar-refractivity contribution in [2.24, 2.45) is 0 Å². The summed E-state index contributed by atoms with van der Waals surface area (Å²) in [5.41, 5.74) is 5.42. The van der Waals surface area contributed by atoms with Crippen LogP contribution in [0, 0.1) is 0 Å². The average molecular weight is 337 g/mol. The molecule has 6 nitrogen and oxygen atoms in total. The van der Waals surface area contributed by atoms with Crippen LogP contribution in [0.2, 0.25) is 0 Å². The molecule has 2 N–H and O–H groups in total. The summed E-state index contributed by atoms with van der Waals surface area (Å²) in [6, 6.07) is 7.64. The highest BCUT2D eigenvalue weighted by atomic mass is 16.2. The molecule has 2 heterocycles. The second-order valence-electron chi connectivity index (χ2n) is 6.62. The number of carbonyl (C=O) groups is 1. The fraction of sp³-hybridized carbons (Fsp3) is 0.421. The van der Waals surface area contributed by atoms with Crippen LogP contribution in [0.4, 0.5) is 0 Å². The van der Waals surface area contributed by atoms with Gasteiger partial charge in [0.25, 0.3) is 0 Å². The lowest BCUT2D eigenvalue weighted by molar-refractivity contribution is -0.124. The Morgan fingerprint density at radius 1 is 1.32 bits per heavy atom. The predicted molar refractivity (Wildman–Crippen MR) is 96.1 cm³/mol. The molecule has 0 saturated heterocycles. The lowest BCUT2D eigenvalue weighted by atomic mass is 9.96. The maximum absolute atomic E-state index is 12.8. The molecule has 0 spiro atoms. The molecule has 0 fully saturated rings. The van der Waals surface area contributed by atoms with E-state index in [1.807, 2.05) is 35.8 Å². The first-order valence-corrected chi connectivity index (χ1v) is 9.02. The largest absolute Gasteiger partial charge is 0.349 e. The first-order valence-electron chi connectivity index (χ1n) is 9.02. The molecule has 1 aliphatic carbocycles. The molecule has 0 radical (unpaired) electrons. The van der Waals surface area contributed by atoms with E-state index in [1.54, 1.807) is 6.33 Å². The lowest BCUT2D eigenvalue weighted by Crippen LogP contribution is -2.32. The quantitative estimate of drug-likeness (QED) is 0.751. The van der Waals surface area contributed by atoms with E-state index in [2.05, 4.69) is 20.5 Å². The molecule has 0 aliphatic heterocycles. The average Bonchev–Trinajstić information content (AvgIpc) is 3.25. The summed E-state index contributed by atoms with van der Waals surface area (Å²) in [5.74, 6) is 0.0122. The number of nitrogens with zero attached hydrogens (tertiary/aromatic N) is 3. The number of para-hydroxylation sites is 2. The summed E-state index contributed by atoms with van der Waals surface area (Å²) in [5, 5.41) is 10.6. The number of aromatic amines is 1. The Kier molecular flexibility index (Phi) is 4.26. The zero-order valence-electron chi connectivity index (χ0n) is 14.5. The van der Waals surface area contributed by atoms with Crippen molar-refractivity contribution < 1.29 is 4.79 Å². The third-order valence-electron chi connectivity index (χ3n) is 5.08. The molecular formula is C19H23N5O. The lowest BCUT2D eigenvalue weighted by Gasteiger charge is -2.17. The first kappa shape index (κ1) is 15.9. The fourth-order valence-electron chi connectivity index (χ4n) is 3.72. The van der Waals surface area contributed by atoms with Gasteiger partial charge in [-0.25, -0.2) is 4.98 Å². The molecule has 3 aromatic rings.